The van der Waals surface area contributed by atoms with Crippen molar-refractivity contribution in [2.24, 2.45) is 0 Å². The highest BCUT2D eigenvalue weighted by Gasteiger charge is 2.13. The highest BCUT2D eigenvalue weighted by molar-refractivity contribution is 9.10. The van der Waals surface area contributed by atoms with Crippen LogP contribution in [0.25, 0.3) is 0 Å². The van der Waals surface area contributed by atoms with E-state index in [-0.39, 0.29) is 11.3 Å². The van der Waals surface area contributed by atoms with E-state index in [0.717, 1.165) is 5.56 Å². The minimum atomic E-state index is -0.508. The highest BCUT2D eigenvalue weighted by atomic mass is 79.9. The third-order valence-electron chi connectivity index (χ3n) is 2.55. The van der Waals surface area contributed by atoms with E-state index in [4.69, 9.17) is 0 Å². The van der Waals surface area contributed by atoms with Crippen molar-refractivity contribution in [1.82, 2.24) is 0 Å². The van der Waals surface area contributed by atoms with Gasteiger partial charge in [0.15, 0.2) is 0 Å². The smallest absolute Gasteiger partial charge is 0.256 e. The van der Waals surface area contributed by atoms with Crippen LogP contribution in [0.15, 0.2) is 40.9 Å². The van der Waals surface area contributed by atoms with Crippen LogP contribution in [0.5, 0.6) is 0 Å². The van der Waals surface area contributed by atoms with Gasteiger partial charge in [-0.25, -0.2) is 8.78 Å². The number of amides is 1. The maximum atomic E-state index is 13.6. The maximum absolute atomic E-state index is 13.6. The third-order valence-corrected chi connectivity index (χ3v) is 3.20. The summed E-state index contributed by atoms with van der Waals surface area (Å²) in [6.45, 7) is 1.76. The molecule has 98 valence electrons. The van der Waals surface area contributed by atoms with Gasteiger partial charge in [0.05, 0.1) is 11.3 Å². The van der Waals surface area contributed by atoms with E-state index in [1.807, 2.05) is 0 Å². The van der Waals surface area contributed by atoms with Crippen LogP contribution < -0.4 is 5.32 Å². The molecule has 19 heavy (non-hydrogen) atoms. The van der Waals surface area contributed by atoms with Crippen molar-refractivity contribution >= 4 is 27.5 Å². The number of carbonyl (C=O) groups excluding carboxylic acids is 1. The Morgan fingerprint density at radius 3 is 2.53 bits per heavy atom. The van der Waals surface area contributed by atoms with Gasteiger partial charge in [-0.1, -0.05) is 6.07 Å². The highest BCUT2D eigenvalue weighted by Crippen LogP contribution is 2.21. The molecule has 1 N–H and O–H groups in total. The van der Waals surface area contributed by atoms with Crippen LogP contribution in [0.3, 0.4) is 0 Å². The maximum Gasteiger partial charge on any atom is 0.256 e. The number of hydrogen-bond donors (Lipinski definition) is 1. The summed E-state index contributed by atoms with van der Waals surface area (Å²) in [5.74, 6) is -1.47. The van der Waals surface area contributed by atoms with E-state index in [1.165, 1.54) is 30.3 Å². The molecular formula is C14H10BrF2NO. The van der Waals surface area contributed by atoms with Gasteiger partial charge in [-0.05, 0) is 58.7 Å². The van der Waals surface area contributed by atoms with E-state index in [0.29, 0.717) is 4.47 Å². The van der Waals surface area contributed by atoms with Crippen LogP contribution in [0.4, 0.5) is 14.5 Å². The van der Waals surface area contributed by atoms with Crippen molar-refractivity contribution in [2.75, 3.05) is 5.32 Å². The summed E-state index contributed by atoms with van der Waals surface area (Å²) in [6, 6.07) is 8.19. The van der Waals surface area contributed by atoms with Crippen molar-refractivity contribution in [1.29, 1.82) is 0 Å². The van der Waals surface area contributed by atoms with Crippen LogP contribution in [0.2, 0.25) is 0 Å². The predicted octanol–water partition coefficient (Wildman–Crippen LogP) is 4.29. The minimum Gasteiger partial charge on any atom is -0.319 e. The second-order valence-corrected chi connectivity index (χ2v) is 4.92. The van der Waals surface area contributed by atoms with Crippen molar-refractivity contribution in [3.63, 3.8) is 0 Å². The van der Waals surface area contributed by atoms with Crippen molar-refractivity contribution in [2.45, 2.75) is 6.92 Å². The van der Waals surface area contributed by atoms with Crippen molar-refractivity contribution in [3.8, 4) is 0 Å². The summed E-state index contributed by atoms with van der Waals surface area (Å²) in [4.78, 5) is 12.0. The SMILES string of the molecule is Cc1ccc(NC(=O)c2ccc(F)cc2Br)c(F)c1. The first kappa shape index (κ1) is 13.7. The topological polar surface area (TPSA) is 29.1 Å². The molecule has 5 heteroatoms. The van der Waals surface area contributed by atoms with Gasteiger partial charge in [0.2, 0.25) is 0 Å². The first-order chi connectivity index (χ1) is 8.97. The molecule has 0 atom stereocenters. The summed E-state index contributed by atoms with van der Waals surface area (Å²) in [7, 11) is 0. The lowest BCUT2D eigenvalue weighted by Gasteiger charge is -2.08. The normalized spacial score (nSPS) is 10.3. The number of carbonyl (C=O) groups is 1. The largest absolute Gasteiger partial charge is 0.319 e. The zero-order chi connectivity index (χ0) is 14.0. The Balaban J connectivity index is 2.25. The van der Waals surface area contributed by atoms with Crippen LogP contribution in [-0.2, 0) is 0 Å². The monoisotopic (exact) mass is 325 g/mol. The molecule has 0 radical (unpaired) electrons. The second-order valence-electron chi connectivity index (χ2n) is 4.06. The Morgan fingerprint density at radius 1 is 1.16 bits per heavy atom. The Labute approximate surface area is 117 Å². The van der Waals surface area contributed by atoms with E-state index in [2.05, 4.69) is 21.2 Å². The molecule has 0 aliphatic heterocycles. The van der Waals surface area contributed by atoms with E-state index >= 15 is 0 Å². The van der Waals surface area contributed by atoms with E-state index in [9.17, 15) is 13.6 Å². The van der Waals surface area contributed by atoms with Crippen molar-refractivity contribution in [3.05, 3.63) is 63.6 Å². The van der Waals surface area contributed by atoms with Crippen LogP contribution in [-0.4, -0.2) is 5.91 Å². The Kier molecular flexibility index (Phi) is 3.95. The fourth-order valence-corrected chi connectivity index (χ4v) is 2.12. The molecule has 0 saturated heterocycles. The van der Waals surface area contributed by atoms with Gasteiger partial charge in [0.25, 0.3) is 5.91 Å². The van der Waals surface area contributed by atoms with Crippen LogP contribution in [0, 0.1) is 18.6 Å². The molecule has 2 rings (SSSR count). The zero-order valence-electron chi connectivity index (χ0n) is 10.0. The molecule has 0 saturated carbocycles. The molecule has 0 heterocycles. The Bertz CT molecular complexity index is 643. The lowest BCUT2D eigenvalue weighted by atomic mass is 10.2. The van der Waals surface area contributed by atoms with Gasteiger partial charge < -0.3 is 5.32 Å². The van der Waals surface area contributed by atoms with Crippen LogP contribution in [0.1, 0.15) is 15.9 Å². The minimum absolute atomic E-state index is 0.0897. The fraction of sp³-hybridized carbons (Fsp3) is 0.0714. The third kappa shape index (κ3) is 3.17. The molecule has 2 aromatic carbocycles. The van der Waals surface area contributed by atoms with Gasteiger partial charge >= 0.3 is 0 Å². The number of benzene rings is 2. The molecule has 0 fully saturated rings. The first-order valence-electron chi connectivity index (χ1n) is 5.50. The quantitative estimate of drug-likeness (QED) is 0.876. The van der Waals surface area contributed by atoms with E-state index < -0.39 is 17.5 Å². The molecule has 0 unspecified atom stereocenters. The zero-order valence-corrected chi connectivity index (χ0v) is 11.6. The van der Waals surface area contributed by atoms with Gasteiger partial charge in [-0.3, -0.25) is 4.79 Å². The van der Waals surface area contributed by atoms with Crippen LogP contribution >= 0.6 is 15.9 Å². The standard InChI is InChI=1S/C14H10BrF2NO/c1-8-2-5-13(12(17)6-8)18-14(19)10-4-3-9(16)7-11(10)15/h2-7H,1H3,(H,18,19). The molecule has 0 aromatic heterocycles. The molecule has 2 aromatic rings. The molecule has 2 nitrogen and oxygen atoms in total. The average Bonchev–Trinajstić information content (AvgIpc) is 2.32. The second kappa shape index (κ2) is 5.48. The number of nitrogens with one attached hydrogen (secondary N) is 1. The number of aryl methyl sites for hydroxylation is 1. The summed E-state index contributed by atoms with van der Waals surface area (Å²) in [5, 5.41) is 2.45. The molecule has 0 spiro atoms. The fourth-order valence-electron chi connectivity index (χ4n) is 1.58. The first-order valence-corrected chi connectivity index (χ1v) is 6.29. The van der Waals surface area contributed by atoms with Gasteiger partial charge in [-0.15, -0.1) is 0 Å². The molecular weight excluding hydrogens is 316 g/mol. The van der Waals surface area contributed by atoms with Gasteiger partial charge in [0, 0.05) is 4.47 Å². The number of rotatable bonds is 2. The molecule has 0 aliphatic carbocycles. The Hall–Kier alpha value is -1.75. The van der Waals surface area contributed by atoms with Gasteiger partial charge in [0.1, 0.15) is 11.6 Å². The lowest BCUT2D eigenvalue weighted by molar-refractivity contribution is 0.102. The summed E-state index contributed by atoms with van der Waals surface area (Å²) >= 11 is 3.10. The summed E-state index contributed by atoms with van der Waals surface area (Å²) < 4.78 is 26.8. The summed E-state index contributed by atoms with van der Waals surface area (Å²) in [5.41, 5.74) is 1.09. The summed E-state index contributed by atoms with van der Waals surface area (Å²) in [6.07, 6.45) is 0. The van der Waals surface area contributed by atoms with Gasteiger partial charge in [-0.2, -0.15) is 0 Å². The Morgan fingerprint density at radius 2 is 1.89 bits per heavy atom. The number of halogens is 3. The number of hydrogen-bond acceptors (Lipinski definition) is 1. The molecule has 0 bridgehead atoms. The van der Waals surface area contributed by atoms with E-state index in [1.54, 1.807) is 13.0 Å². The predicted molar refractivity (Wildman–Crippen MR) is 73.2 cm³/mol. The molecule has 1 amide bonds. The van der Waals surface area contributed by atoms with Crippen molar-refractivity contribution < 1.29 is 13.6 Å². The molecule has 0 aliphatic rings. The average molecular weight is 326 g/mol. The number of anilines is 1. The lowest BCUT2D eigenvalue weighted by Crippen LogP contribution is -2.13.